The lowest BCUT2D eigenvalue weighted by atomic mass is 9.92. The van der Waals surface area contributed by atoms with E-state index in [2.05, 4.69) is 26.6 Å². The fourth-order valence-corrected chi connectivity index (χ4v) is 14.5. The average Bonchev–Trinajstić information content (AvgIpc) is 0.801. The highest BCUT2D eigenvalue weighted by Crippen LogP contribution is 2.27. The number of unbranched alkanes of at least 4 members (excludes halogenated alkanes) is 5. The summed E-state index contributed by atoms with van der Waals surface area (Å²) in [4.78, 5) is 199. The molecule has 1 fully saturated rings. The Hall–Kier alpha value is -7.36. The second kappa shape index (κ2) is 46.1. The van der Waals surface area contributed by atoms with Crippen LogP contribution in [0.2, 0.25) is 0 Å². The van der Waals surface area contributed by atoms with E-state index in [9.17, 15) is 43.8 Å². The number of carbonyl (C=O) groups is 13. The van der Waals surface area contributed by atoms with E-state index in [4.69, 9.17) is 0 Å². The first-order valence-electron chi connectivity index (χ1n) is 38.4. The van der Waals surface area contributed by atoms with E-state index < -0.39 is 149 Å². The highest BCUT2D eigenvalue weighted by atomic mass is 32.2. The van der Waals surface area contributed by atoms with Gasteiger partial charge in [0.05, 0.1) is 5.56 Å². The van der Waals surface area contributed by atoms with Gasteiger partial charge in [-0.25, -0.2) is 4.79 Å². The number of amides is 12. The summed E-state index contributed by atoms with van der Waals surface area (Å²) in [5, 5.41) is 33.2. The Labute approximate surface area is 637 Å². The van der Waals surface area contributed by atoms with E-state index in [1.807, 2.05) is 62.3 Å². The summed E-state index contributed by atoms with van der Waals surface area (Å²) >= 11 is 1.37. The molecule has 27 nitrogen and oxygen atoms in total. The number of aliphatic hydroxyl groups excluding tert-OH is 1. The lowest BCUT2D eigenvalue weighted by Crippen LogP contribution is -2.62. The fraction of sp³-hybridized carbons (Fsp3) is 0.756. The second-order valence-corrected chi connectivity index (χ2v) is 32.8. The van der Waals surface area contributed by atoms with Gasteiger partial charge in [-0.05, 0) is 137 Å². The zero-order chi connectivity index (χ0) is 80.9. The second-order valence-electron chi connectivity index (χ2n) is 31.7. The summed E-state index contributed by atoms with van der Waals surface area (Å²) in [6.07, 6.45) is 6.24. The van der Waals surface area contributed by atoms with Gasteiger partial charge in [0.2, 0.25) is 65.0 Å². The quantitative estimate of drug-likeness (QED) is 0.0412. The summed E-state index contributed by atoms with van der Waals surface area (Å²) in [5.41, 5.74) is 0.259. The molecule has 0 aliphatic carbocycles. The van der Waals surface area contributed by atoms with Crippen molar-refractivity contribution in [1.82, 2.24) is 60.9 Å². The van der Waals surface area contributed by atoms with E-state index in [0.29, 0.717) is 38.0 Å². The minimum atomic E-state index is -1.25. The van der Waals surface area contributed by atoms with Crippen molar-refractivity contribution >= 4 is 88.6 Å². The molecular weight excluding hydrogens is 1380 g/mol. The third-order valence-corrected chi connectivity index (χ3v) is 21.1. The van der Waals surface area contributed by atoms with Gasteiger partial charge >= 0.3 is 5.97 Å². The first-order valence-corrected chi connectivity index (χ1v) is 39.5. The first-order chi connectivity index (χ1) is 49.5. The van der Waals surface area contributed by atoms with Gasteiger partial charge in [-0.15, -0.1) is 0 Å². The molecule has 1 aliphatic rings. The predicted octanol–water partition coefficient (Wildman–Crippen LogP) is 6.68. The Kier molecular flexibility index (Phi) is 41.2. The number of hydrogen-bond acceptors (Lipinski definition) is 15. The molecule has 1 aromatic rings. The van der Waals surface area contributed by atoms with Crippen molar-refractivity contribution < 1.29 is 72.5 Å². The summed E-state index contributed by atoms with van der Waals surface area (Å²) in [6.45, 7) is 28.9. The minimum absolute atomic E-state index is 0.0114. The van der Waals surface area contributed by atoms with E-state index >= 15 is 28.8 Å². The molecule has 2 unspecified atom stereocenters. The number of carboxylic acid groups (broad SMARTS) is 1. The van der Waals surface area contributed by atoms with Gasteiger partial charge in [0.25, 0.3) is 5.91 Å². The molecule has 1 aliphatic heterocycles. The van der Waals surface area contributed by atoms with Gasteiger partial charge in [0.1, 0.15) is 66.5 Å². The standard InChI is InChI=1S/C78H134N12O15S/c1-24-57-72(98)89(22)63(45-106-38-31-30-37-91)75(101)84(17)59(40-47(4)5)70(96)83-64(50(10)11)76(102)85(18)58(39-46(2)3)68(94)80-53(15)66(92)81-54(16)71(97)87(20)61(41-48(6)7)73(99)88(21)62(42-49(8)9)74(100)90(23)65(51(12)13)77(103)86(19)60(69(95)82-57)43-52(14)33-28-26-25-27-29-36-79-67(93)55-34-32-35-56(44-55)78(104)105/h32,34-35,44,46-54,57-65,91H,24-31,33,36-43,45H2,1-23H3,(H,79,93)(H,80,94)(H,81,92)(H,82,95)(H,83,96)(H,104,105)/t52-,53+,54+,57+,58+,59+,60?,61?,62+,63-,64+,65+/m1/s1. The number of benzene rings is 1. The summed E-state index contributed by atoms with van der Waals surface area (Å²) in [6, 6.07) is -7.48. The first kappa shape index (κ1) is 94.7. The SMILES string of the molecule is CC[C@@H]1NC(=O)C(C[C@H](C)CCCCCCCNC(=O)c2cccc(C(=O)O)c2)N(C)C(=O)[C@H](C(C)C)N(C)C(=O)[C@H](CC(C)C)N(C)C(=O)C(CC(C)C)N(C)C(=O)[C@H](C)NC(=O)[C@H](C)NC(=O)[C@H](CC(C)C)N(C)C(=O)[C@H](C(C)C)NC(=O)[C@H](CC(C)C)N(C)C(=O)[C@@H](CSCCCCO)N(C)C1=O. The molecule has 0 radical (unpaired) electrons. The smallest absolute Gasteiger partial charge is 0.335 e. The van der Waals surface area contributed by atoms with Crippen LogP contribution in [0.1, 0.15) is 221 Å². The molecule has 1 heterocycles. The maximum Gasteiger partial charge on any atom is 0.335 e. The van der Waals surface area contributed by atoms with Crippen molar-refractivity contribution in [2.75, 3.05) is 74.0 Å². The van der Waals surface area contributed by atoms with E-state index in [0.717, 1.165) is 25.7 Å². The highest BCUT2D eigenvalue weighted by Gasteiger charge is 2.45. The number of carbonyl (C=O) groups excluding carboxylic acids is 12. The molecule has 0 aromatic heterocycles. The number of thioether (sulfide) groups is 1. The fourth-order valence-electron chi connectivity index (χ4n) is 13.3. The van der Waals surface area contributed by atoms with Gasteiger partial charge in [0, 0.05) is 73.8 Å². The maximum absolute atomic E-state index is 15.6. The molecule has 28 heteroatoms. The van der Waals surface area contributed by atoms with Crippen LogP contribution in [-0.4, -0.2) is 262 Å². The number of aromatic carboxylic acids is 1. The number of nitrogens with one attached hydrogen (secondary N) is 5. The summed E-state index contributed by atoms with van der Waals surface area (Å²) in [5.74, 6) is -9.97. The average molecular weight is 1510 g/mol. The largest absolute Gasteiger partial charge is 0.478 e. The third kappa shape index (κ3) is 29.0. The topological polar surface area (TPSA) is 345 Å². The van der Waals surface area contributed by atoms with Crippen molar-refractivity contribution in [2.45, 2.75) is 267 Å². The van der Waals surface area contributed by atoms with Gasteiger partial charge < -0.3 is 71.1 Å². The molecule has 0 saturated carbocycles. The van der Waals surface area contributed by atoms with E-state index in [1.54, 1.807) is 40.7 Å². The zero-order valence-electron chi connectivity index (χ0n) is 68.2. The molecule has 2 rings (SSSR count). The molecular formula is C78H134N12O15S. The molecule has 0 bridgehead atoms. The zero-order valence-corrected chi connectivity index (χ0v) is 69.0. The van der Waals surface area contributed by atoms with Gasteiger partial charge in [-0.3, -0.25) is 57.5 Å². The number of nitrogens with zero attached hydrogens (tertiary/aromatic N) is 7. The van der Waals surface area contributed by atoms with Gasteiger partial charge in [-0.1, -0.05) is 135 Å². The lowest BCUT2D eigenvalue weighted by molar-refractivity contribution is -0.156. The predicted molar refractivity (Wildman–Crippen MR) is 414 cm³/mol. The van der Waals surface area contributed by atoms with Crippen molar-refractivity contribution in [3.05, 3.63) is 35.4 Å². The minimum Gasteiger partial charge on any atom is -0.478 e. The normalized spacial score (nSPS) is 24.1. The molecule has 1 aromatic carbocycles. The monoisotopic (exact) mass is 1510 g/mol. The van der Waals surface area contributed by atoms with Crippen LogP contribution in [0.3, 0.4) is 0 Å². The van der Waals surface area contributed by atoms with Gasteiger partial charge in [-0.2, -0.15) is 11.8 Å². The number of carboxylic acids is 1. The van der Waals surface area contributed by atoms with Crippen LogP contribution in [-0.2, 0) is 52.7 Å². The van der Waals surface area contributed by atoms with Gasteiger partial charge in [0.15, 0.2) is 0 Å². The molecule has 7 N–H and O–H groups in total. The molecule has 12 amide bonds. The number of rotatable bonds is 29. The Morgan fingerprint density at radius 2 is 0.896 bits per heavy atom. The van der Waals surface area contributed by atoms with Crippen molar-refractivity contribution in [1.29, 1.82) is 0 Å². The van der Waals surface area contributed by atoms with Crippen molar-refractivity contribution in [2.24, 2.45) is 41.4 Å². The molecule has 12 atom stereocenters. The third-order valence-electron chi connectivity index (χ3n) is 19.9. The van der Waals surface area contributed by atoms with Crippen LogP contribution in [0.5, 0.6) is 0 Å². The van der Waals surface area contributed by atoms with Crippen LogP contribution in [0.25, 0.3) is 0 Å². The number of aliphatic hydroxyl groups is 1. The van der Waals surface area contributed by atoms with E-state index in [1.165, 1.54) is 127 Å². The van der Waals surface area contributed by atoms with Crippen LogP contribution in [0.4, 0.5) is 0 Å². The summed E-state index contributed by atoms with van der Waals surface area (Å²) in [7, 11) is 10.3. The van der Waals surface area contributed by atoms with Crippen LogP contribution in [0.15, 0.2) is 24.3 Å². The maximum atomic E-state index is 15.6. The van der Waals surface area contributed by atoms with Crippen LogP contribution < -0.4 is 26.6 Å². The Morgan fingerprint density at radius 1 is 0.462 bits per heavy atom. The Bertz CT molecular complexity index is 3080. The number of likely N-dealkylation sites (N-methyl/N-ethyl adjacent to an activating group) is 7. The van der Waals surface area contributed by atoms with Crippen molar-refractivity contribution in [3.8, 4) is 0 Å². The number of hydrogen-bond donors (Lipinski definition) is 7. The van der Waals surface area contributed by atoms with Crippen molar-refractivity contribution in [3.63, 3.8) is 0 Å². The Balaban J connectivity index is 2.97. The molecule has 602 valence electrons. The lowest BCUT2D eigenvalue weighted by Gasteiger charge is -2.41. The summed E-state index contributed by atoms with van der Waals surface area (Å²) < 4.78 is 0. The molecule has 1 saturated heterocycles. The van der Waals surface area contributed by atoms with E-state index in [-0.39, 0.29) is 97.5 Å². The Morgan fingerprint density at radius 3 is 1.42 bits per heavy atom. The highest BCUT2D eigenvalue weighted by molar-refractivity contribution is 7.99. The van der Waals surface area contributed by atoms with Crippen LogP contribution in [0, 0.1) is 41.4 Å². The molecule has 0 spiro atoms. The van der Waals surface area contributed by atoms with Crippen LogP contribution >= 0.6 is 11.8 Å². The molecule has 106 heavy (non-hydrogen) atoms.